The highest BCUT2D eigenvalue weighted by molar-refractivity contribution is 6.04. The van der Waals surface area contributed by atoms with E-state index in [9.17, 15) is 9.59 Å². The van der Waals surface area contributed by atoms with Gasteiger partial charge in [0.25, 0.3) is 5.91 Å². The summed E-state index contributed by atoms with van der Waals surface area (Å²) in [5.41, 5.74) is 3.75. The number of piperidine rings is 1. The first-order valence-corrected chi connectivity index (χ1v) is 9.81. The SMILES string of the molecule is COC(=O)CCc1ccc(NC(=O)c2ccc(C3CCN(C)CC3)cc2)cc1. The minimum atomic E-state index is -0.221. The number of methoxy groups -OCH3 is 1. The Morgan fingerprint density at radius 2 is 1.68 bits per heavy atom. The standard InChI is InChI=1S/C23H28N2O3/c1-25-15-13-19(14-16-25)18-6-8-20(9-7-18)23(27)24-21-10-3-17(4-11-21)5-12-22(26)28-2/h3-4,6-11,19H,5,12-16H2,1-2H3,(H,24,27). The van der Waals surface area contributed by atoms with Crippen molar-refractivity contribution in [2.45, 2.75) is 31.6 Å². The first-order chi connectivity index (χ1) is 13.5. The quantitative estimate of drug-likeness (QED) is 0.774. The van der Waals surface area contributed by atoms with E-state index in [4.69, 9.17) is 0 Å². The summed E-state index contributed by atoms with van der Waals surface area (Å²) in [5, 5.41) is 2.93. The molecular weight excluding hydrogens is 352 g/mol. The summed E-state index contributed by atoms with van der Waals surface area (Å²) in [4.78, 5) is 26.1. The summed E-state index contributed by atoms with van der Waals surface area (Å²) in [7, 11) is 3.55. The van der Waals surface area contributed by atoms with Crippen LogP contribution in [0, 0.1) is 0 Å². The minimum Gasteiger partial charge on any atom is -0.469 e. The summed E-state index contributed by atoms with van der Waals surface area (Å²) in [6.45, 7) is 2.26. The zero-order valence-electron chi connectivity index (χ0n) is 16.6. The fraction of sp³-hybridized carbons (Fsp3) is 0.391. The fourth-order valence-corrected chi connectivity index (χ4v) is 3.56. The Balaban J connectivity index is 1.55. The highest BCUT2D eigenvalue weighted by Gasteiger charge is 2.18. The monoisotopic (exact) mass is 380 g/mol. The number of anilines is 1. The van der Waals surface area contributed by atoms with Gasteiger partial charge in [0.1, 0.15) is 0 Å². The second-order valence-electron chi connectivity index (χ2n) is 7.43. The number of likely N-dealkylation sites (tertiary alicyclic amines) is 1. The number of ether oxygens (including phenoxy) is 1. The van der Waals surface area contributed by atoms with Gasteiger partial charge in [0, 0.05) is 17.7 Å². The van der Waals surface area contributed by atoms with Crippen LogP contribution in [0.25, 0.3) is 0 Å². The van der Waals surface area contributed by atoms with Gasteiger partial charge in [-0.15, -0.1) is 0 Å². The lowest BCUT2D eigenvalue weighted by molar-refractivity contribution is -0.140. The van der Waals surface area contributed by atoms with Crippen molar-refractivity contribution in [3.8, 4) is 0 Å². The van der Waals surface area contributed by atoms with Crippen molar-refractivity contribution < 1.29 is 14.3 Å². The summed E-state index contributed by atoms with van der Waals surface area (Å²) >= 11 is 0. The second kappa shape index (κ2) is 9.51. The average molecular weight is 380 g/mol. The molecule has 1 N–H and O–H groups in total. The molecular formula is C23H28N2O3. The highest BCUT2D eigenvalue weighted by atomic mass is 16.5. The van der Waals surface area contributed by atoms with E-state index in [2.05, 4.69) is 34.1 Å². The number of esters is 1. The lowest BCUT2D eigenvalue weighted by atomic mass is 9.89. The smallest absolute Gasteiger partial charge is 0.305 e. The highest BCUT2D eigenvalue weighted by Crippen LogP contribution is 2.27. The van der Waals surface area contributed by atoms with Crippen molar-refractivity contribution >= 4 is 17.6 Å². The Morgan fingerprint density at radius 1 is 1.04 bits per heavy atom. The third kappa shape index (κ3) is 5.42. The van der Waals surface area contributed by atoms with E-state index in [1.807, 2.05) is 36.4 Å². The van der Waals surface area contributed by atoms with Gasteiger partial charge in [-0.25, -0.2) is 0 Å². The molecule has 5 nitrogen and oxygen atoms in total. The van der Waals surface area contributed by atoms with Crippen LogP contribution >= 0.6 is 0 Å². The molecule has 3 rings (SSSR count). The number of nitrogens with zero attached hydrogens (tertiary/aromatic N) is 1. The summed E-state index contributed by atoms with van der Waals surface area (Å²) < 4.78 is 4.65. The maximum atomic E-state index is 12.5. The number of benzene rings is 2. The second-order valence-corrected chi connectivity index (χ2v) is 7.43. The molecule has 1 fully saturated rings. The van der Waals surface area contributed by atoms with Crippen molar-refractivity contribution in [1.29, 1.82) is 0 Å². The zero-order chi connectivity index (χ0) is 19.9. The van der Waals surface area contributed by atoms with Gasteiger partial charge >= 0.3 is 5.97 Å². The van der Waals surface area contributed by atoms with Crippen molar-refractivity contribution in [2.24, 2.45) is 0 Å². The lowest BCUT2D eigenvalue weighted by Crippen LogP contribution is -2.29. The van der Waals surface area contributed by atoms with E-state index >= 15 is 0 Å². The van der Waals surface area contributed by atoms with Crippen LogP contribution in [-0.4, -0.2) is 44.0 Å². The molecule has 1 aliphatic heterocycles. The van der Waals surface area contributed by atoms with E-state index in [0.29, 0.717) is 24.3 Å². The molecule has 0 radical (unpaired) electrons. The number of rotatable bonds is 6. The Hall–Kier alpha value is -2.66. The molecule has 148 valence electrons. The predicted octanol–water partition coefficient (Wildman–Crippen LogP) is 3.85. The largest absolute Gasteiger partial charge is 0.469 e. The van der Waals surface area contributed by atoms with Gasteiger partial charge in [0.05, 0.1) is 7.11 Å². The molecule has 0 atom stereocenters. The molecule has 0 aliphatic carbocycles. The van der Waals surface area contributed by atoms with E-state index in [1.165, 1.54) is 25.5 Å². The molecule has 0 spiro atoms. The van der Waals surface area contributed by atoms with Gasteiger partial charge in [0.2, 0.25) is 0 Å². The molecule has 1 saturated heterocycles. The Morgan fingerprint density at radius 3 is 2.29 bits per heavy atom. The molecule has 28 heavy (non-hydrogen) atoms. The Bertz CT molecular complexity index is 792. The number of hydrogen-bond acceptors (Lipinski definition) is 4. The molecule has 1 amide bonds. The summed E-state index contributed by atoms with van der Waals surface area (Å²) in [6, 6.07) is 15.5. The van der Waals surface area contributed by atoms with Crippen LogP contribution in [-0.2, 0) is 16.0 Å². The zero-order valence-corrected chi connectivity index (χ0v) is 16.6. The molecule has 1 aliphatic rings. The molecule has 0 aromatic heterocycles. The lowest BCUT2D eigenvalue weighted by Gasteiger charge is -2.29. The van der Waals surface area contributed by atoms with Gasteiger partial charge in [-0.2, -0.15) is 0 Å². The first kappa shape index (κ1) is 20.1. The first-order valence-electron chi connectivity index (χ1n) is 9.81. The number of hydrogen-bond donors (Lipinski definition) is 1. The number of nitrogens with one attached hydrogen (secondary N) is 1. The van der Waals surface area contributed by atoms with Gasteiger partial charge in [-0.05, 0) is 80.7 Å². The fourth-order valence-electron chi connectivity index (χ4n) is 3.56. The van der Waals surface area contributed by atoms with Crippen molar-refractivity contribution in [3.05, 3.63) is 65.2 Å². The molecule has 2 aromatic carbocycles. The summed E-state index contributed by atoms with van der Waals surface area (Å²) in [5.74, 6) is 0.254. The van der Waals surface area contributed by atoms with E-state index in [0.717, 1.165) is 24.3 Å². The number of carbonyl (C=O) groups is 2. The van der Waals surface area contributed by atoms with Crippen LogP contribution in [0.2, 0.25) is 0 Å². The van der Waals surface area contributed by atoms with Crippen LogP contribution in [0.4, 0.5) is 5.69 Å². The van der Waals surface area contributed by atoms with Crippen LogP contribution < -0.4 is 5.32 Å². The van der Waals surface area contributed by atoms with E-state index in [1.54, 1.807) is 0 Å². The van der Waals surface area contributed by atoms with Crippen LogP contribution in [0.1, 0.15) is 46.7 Å². The average Bonchev–Trinajstić information content (AvgIpc) is 2.73. The maximum Gasteiger partial charge on any atom is 0.305 e. The number of carbonyl (C=O) groups excluding carboxylic acids is 2. The Kier molecular flexibility index (Phi) is 6.82. The third-order valence-electron chi connectivity index (χ3n) is 5.42. The van der Waals surface area contributed by atoms with Crippen LogP contribution in [0.3, 0.4) is 0 Å². The van der Waals surface area contributed by atoms with Crippen molar-refractivity contribution in [2.75, 3.05) is 32.6 Å². The van der Waals surface area contributed by atoms with E-state index < -0.39 is 0 Å². The number of aryl methyl sites for hydroxylation is 1. The third-order valence-corrected chi connectivity index (χ3v) is 5.42. The maximum absolute atomic E-state index is 12.5. The normalized spacial score (nSPS) is 15.2. The van der Waals surface area contributed by atoms with Gasteiger partial charge in [-0.1, -0.05) is 24.3 Å². The number of amides is 1. The van der Waals surface area contributed by atoms with Crippen molar-refractivity contribution in [1.82, 2.24) is 4.90 Å². The topological polar surface area (TPSA) is 58.6 Å². The molecule has 0 unspecified atom stereocenters. The molecule has 1 heterocycles. The molecule has 5 heteroatoms. The van der Waals surface area contributed by atoms with Crippen LogP contribution in [0.15, 0.2) is 48.5 Å². The molecule has 0 saturated carbocycles. The minimum absolute atomic E-state index is 0.114. The summed E-state index contributed by atoms with van der Waals surface area (Å²) in [6.07, 6.45) is 3.32. The molecule has 2 aromatic rings. The van der Waals surface area contributed by atoms with Gasteiger partial charge in [-0.3, -0.25) is 9.59 Å². The van der Waals surface area contributed by atoms with Crippen molar-refractivity contribution in [3.63, 3.8) is 0 Å². The van der Waals surface area contributed by atoms with Crippen LogP contribution in [0.5, 0.6) is 0 Å². The predicted molar refractivity (Wildman–Crippen MR) is 111 cm³/mol. The van der Waals surface area contributed by atoms with Gasteiger partial charge < -0.3 is 15.0 Å². The van der Waals surface area contributed by atoms with E-state index in [-0.39, 0.29) is 11.9 Å². The molecule has 0 bridgehead atoms. The Labute approximate surface area is 166 Å². The van der Waals surface area contributed by atoms with Gasteiger partial charge in [0.15, 0.2) is 0 Å².